The molecular formula is C15H14N2OS. The molecule has 0 aliphatic carbocycles. The Morgan fingerprint density at radius 3 is 3.05 bits per heavy atom. The van der Waals surface area contributed by atoms with Crippen LogP contribution in [0.5, 0.6) is 0 Å². The van der Waals surface area contributed by atoms with E-state index < -0.39 is 0 Å². The molecule has 3 nitrogen and oxygen atoms in total. The van der Waals surface area contributed by atoms with Crippen LogP contribution in [0.25, 0.3) is 10.9 Å². The molecule has 0 atom stereocenters. The first-order chi connectivity index (χ1) is 9.33. The average Bonchev–Trinajstić information content (AvgIpc) is 3.09. The second-order valence-corrected chi connectivity index (χ2v) is 5.33. The number of benzene rings is 1. The molecule has 0 aliphatic heterocycles. The first-order valence-electron chi connectivity index (χ1n) is 6.21. The summed E-state index contributed by atoms with van der Waals surface area (Å²) >= 11 is 1.46. The number of aromatic amines is 1. The molecule has 0 aliphatic rings. The van der Waals surface area contributed by atoms with E-state index in [2.05, 4.69) is 34.6 Å². The van der Waals surface area contributed by atoms with E-state index in [1.54, 1.807) is 0 Å². The van der Waals surface area contributed by atoms with E-state index in [9.17, 15) is 4.79 Å². The van der Waals surface area contributed by atoms with E-state index >= 15 is 0 Å². The van der Waals surface area contributed by atoms with Crippen molar-refractivity contribution in [1.29, 1.82) is 0 Å². The predicted molar refractivity (Wildman–Crippen MR) is 78.7 cm³/mol. The number of thiophene rings is 1. The maximum atomic E-state index is 11.8. The van der Waals surface area contributed by atoms with Crippen LogP contribution < -0.4 is 5.32 Å². The van der Waals surface area contributed by atoms with Crippen molar-refractivity contribution in [2.24, 2.45) is 0 Å². The number of carbonyl (C=O) groups is 1. The first-order valence-corrected chi connectivity index (χ1v) is 7.08. The number of carbonyl (C=O) groups excluding carboxylic acids is 1. The summed E-state index contributed by atoms with van der Waals surface area (Å²) in [6, 6.07) is 12.1. The van der Waals surface area contributed by atoms with Gasteiger partial charge in [0.05, 0.1) is 4.88 Å². The summed E-state index contributed by atoms with van der Waals surface area (Å²) in [4.78, 5) is 15.7. The third-order valence-corrected chi connectivity index (χ3v) is 3.93. The largest absolute Gasteiger partial charge is 0.361 e. The third kappa shape index (κ3) is 2.69. The summed E-state index contributed by atoms with van der Waals surface area (Å²) in [6.07, 6.45) is 2.78. The Hall–Kier alpha value is -2.07. The van der Waals surface area contributed by atoms with E-state index in [1.165, 1.54) is 22.3 Å². The van der Waals surface area contributed by atoms with E-state index in [0.717, 1.165) is 16.8 Å². The summed E-state index contributed by atoms with van der Waals surface area (Å²) in [7, 11) is 0. The van der Waals surface area contributed by atoms with E-state index in [1.807, 2.05) is 23.7 Å². The van der Waals surface area contributed by atoms with Gasteiger partial charge in [0, 0.05) is 18.3 Å². The lowest BCUT2D eigenvalue weighted by molar-refractivity contribution is 0.0958. The maximum absolute atomic E-state index is 11.8. The van der Waals surface area contributed by atoms with Gasteiger partial charge >= 0.3 is 0 Å². The fourth-order valence-electron chi connectivity index (χ4n) is 2.07. The summed E-state index contributed by atoms with van der Waals surface area (Å²) in [5, 5.41) is 6.06. The standard InChI is InChI=1S/C15H14N2OS/c18-15(14-2-1-9-19-14)17-7-5-11-3-4-12-6-8-16-13(12)10-11/h1-4,6,8-10,16H,5,7H2,(H,17,18). The van der Waals surface area contributed by atoms with E-state index in [-0.39, 0.29) is 5.91 Å². The Labute approximate surface area is 115 Å². The van der Waals surface area contributed by atoms with Crippen LogP contribution in [-0.2, 0) is 6.42 Å². The fourth-order valence-corrected chi connectivity index (χ4v) is 2.71. The van der Waals surface area contributed by atoms with Gasteiger partial charge in [0.1, 0.15) is 0 Å². The van der Waals surface area contributed by atoms with Crippen LogP contribution in [0, 0.1) is 0 Å². The van der Waals surface area contributed by atoms with Crippen molar-refractivity contribution in [3.05, 3.63) is 58.4 Å². The molecule has 1 amide bonds. The molecule has 0 fully saturated rings. The molecule has 0 bridgehead atoms. The van der Waals surface area contributed by atoms with Gasteiger partial charge in [-0.3, -0.25) is 4.79 Å². The Balaban J connectivity index is 1.58. The molecule has 0 unspecified atom stereocenters. The van der Waals surface area contributed by atoms with E-state index in [0.29, 0.717) is 6.54 Å². The first kappa shape index (κ1) is 12.0. The zero-order valence-corrected chi connectivity index (χ0v) is 11.2. The van der Waals surface area contributed by atoms with Gasteiger partial charge in [0.15, 0.2) is 0 Å². The number of amides is 1. The number of nitrogens with one attached hydrogen (secondary N) is 2. The minimum absolute atomic E-state index is 0.0101. The van der Waals surface area contributed by atoms with Gasteiger partial charge in [-0.05, 0) is 40.9 Å². The van der Waals surface area contributed by atoms with Gasteiger partial charge in [-0.25, -0.2) is 0 Å². The van der Waals surface area contributed by atoms with Gasteiger partial charge in [-0.1, -0.05) is 18.2 Å². The molecule has 1 aromatic carbocycles. The Bertz CT molecular complexity index is 685. The van der Waals surface area contributed by atoms with Crippen molar-refractivity contribution in [2.75, 3.05) is 6.54 Å². The highest BCUT2D eigenvalue weighted by atomic mass is 32.1. The van der Waals surface area contributed by atoms with Crippen molar-refractivity contribution >= 4 is 28.1 Å². The van der Waals surface area contributed by atoms with Crippen molar-refractivity contribution in [1.82, 2.24) is 10.3 Å². The molecule has 0 saturated heterocycles. The highest BCUT2D eigenvalue weighted by Gasteiger charge is 2.05. The predicted octanol–water partition coefficient (Wildman–Crippen LogP) is 3.20. The Kier molecular flexibility index (Phi) is 3.33. The molecule has 2 aromatic heterocycles. The molecule has 19 heavy (non-hydrogen) atoms. The SMILES string of the molecule is O=C(NCCc1ccc2cc[nH]c2c1)c1cccs1. The normalized spacial score (nSPS) is 10.7. The van der Waals surface area contributed by atoms with Crippen LogP contribution in [0.2, 0.25) is 0 Å². The highest BCUT2D eigenvalue weighted by molar-refractivity contribution is 7.12. The van der Waals surface area contributed by atoms with Gasteiger partial charge in [-0.2, -0.15) is 0 Å². The fraction of sp³-hybridized carbons (Fsp3) is 0.133. The number of hydrogen-bond donors (Lipinski definition) is 2. The second kappa shape index (κ2) is 5.28. The topological polar surface area (TPSA) is 44.9 Å². The number of aromatic nitrogens is 1. The van der Waals surface area contributed by atoms with Crippen LogP contribution >= 0.6 is 11.3 Å². The molecule has 3 aromatic rings. The smallest absolute Gasteiger partial charge is 0.261 e. The highest BCUT2D eigenvalue weighted by Crippen LogP contribution is 2.14. The molecule has 4 heteroatoms. The van der Waals surface area contributed by atoms with Gasteiger partial charge in [0.2, 0.25) is 0 Å². The van der Waals surface area contributed by atoms with Crippen molar-refractivity contribution in [2.45, 2.75) is 6.42 Å². The van der Waals surface area contributed by atoms with Crippen molar-refractivity contribution in [3.63, 3.8) is 0 Å². The van der Waals surface area contributed by atoms with Crippen LogP contribution in [-0.4, -0.2) is 17.4 Å². The zero-order chi connectivity index (χ0) is 13.1. The minimum atomic E-state index is 0.0101. The van der Waals surface area contributed by atoms with Crippen LogP contribution in [0.3, 0.4) is 0 Å². The quantitative estimate of drug-likeness (QED) is 0.751. The lowest BCUT2D eigenvalue weighted by atomic mass is 10.1. The molecule has 96 valence electrons. The molecule has 0 spiro atoms. The molecular weight excluding hydrogens is 256 g/mol. The van der Waals surface area contributed by atoms with Crippen LogP contribution in [0.1, 0.15) is 15.2 Å². The summed E-state index contributed by atoms with van der Waals surface area (Å²) in [5.74, 6) is 0.0101. The Morgan fingerprint density at radius 1 is 1.26 bits per heavy atom. The number of hydrogen-bond acceptors (Lipinski definition) is 2. The van der Waals surface area contributed by atoms with Gasteiger partial charge in [0.25, 0.3) is 5.91 Å². The van der Waals surface area contributed by atoms with Crippen molar-refractivity contribution in [3.8, 4) is 0 Å². The lowest BCUT2D eigenvalue weighted by Gasteiger charge is -2.04. The summed E-state index contributed by atoms with van der Waals surface area (Å²) < 4.78 is 0. The van der Waals surface area contributed by atoms with Gasteiger partial charge in [-0.15, -0.1) is 11.3 Å². The second-order valence-electron chi connectivity index (χ2n) is 4.38. The molecule has 2 N–H and O–H groups in total. The lowest BCUT2D eigenvalue weighted by Crippen LogP contribution is -2.24. The number of fused-ring (bicyclic) bond motifs is 1. The summed E-state index contributed by atoms with van der Waals surface area (Å²) in [6.45, 7) is 0.656. The van der Waals surface area contributed by atoms with Crippen molar-refractivity contribution < 1.29 is 4.79 Å². The molecule has 0 saturated carbocycles. The molecule has 3 rings (SSSR count). The van der Waals surface area contributed by atoms with E-state index in [4.69, 9.17) is 0 Å². The average molecular weight is 270 g/mol. The van der Waals surface area contributed by atoms with Gasteiger partial charge < -0.3 is 10.3 Å². The maximum Gasteiger partial charge on any atom is 0.261 e. The third-order valence-electron chi connectivity index (χ3n) is 3.06. The van der Waals surface area contributed by atoms with Crippen LogP contribution in [0.15, 0.2) is 48.0 Å². The summed E-state index contributed by atoms with van der Waals surface area (Å²) in [5.41, 5.74) is 2.36. The van der Waals surface area contributed by atoms with Crippen LogP contribution in [0.4, 0.5) is 0 Å². The number of rotatable bonds is 4. The number of H-pyrrole nitrogens is 1. The Morgan fingerprint density at radius 2 is 2.21 bits per heavy atom. The molecule has 0 radical (unpaired) electrons. The molecule has 2 heterocycles. The zero-order valence-electron chi connectivity index (χ0n) is 10.3. The minimum Gasteiger partial charge on any atom is -0.361 e. The monoisotopic (exact) mass is 270 g/mol.